The number of anilines is 1. The highest BCUT2D eigenvalue weighted by Crippen LogP contribution is 2.10. The summed E-state index contributed by atoms with van der Waals surface area (Å²) in [5, 5.41) is 2.93. The Morgan fingerprint density at radius 1 is 1.31 bits per heavy atom. The summed E-state index contributed by atoms with van der Waals surface area (Å²) in [6.07, 6.45) is 0. The van der Waals surface area contributed by atoms with Crippen molar-refractivity contribution in [1.29, 1.82) is 0 Å². The van der Waals surface area contributed by atoms with E-state index in [2.05, 4.69) is 10.1 Å². The van der Waals surface area contributed by atoms with Gasteiger partial charge in [0, 0.05) is 11.3 Å². The van der Waals surface area contributed by atoms with E-state index >= 15 is 0 Å². The first-order valence-corrected chi connectivity index (χ1v) is 4.79. The third-order valence-corrected chi connectivity index (χ3v) is 2.11. The molecule has 1 unspecified atom stereocenters. The molecule has 0 aliphatic carbocycles. The van der Waals surface area contributed by atoms with Crippen LogP contribution in [0, 0.1) is 0 Å². The predicted molar refractivity (Wildman–Crippen MR) is 60.1 cm³/mol. The summed E-state index contributed by atoms with van der Waals surface area (Å²) < 4.78 is 4.57. The molecule has 1 aromatic carbocycles. The van der Waals surface area contributed by atoms with E-state index in [1.165, 1.54) is 7.11 Å². The normalized spacial score (nSPS) is 11.6. The molecule has 0 aromatic heterocycles. The number of primary amides is 1. The minimum absolute atomic E-state index is 0.348. The Labute approximate surface area is 93.6 Å². The molecule has 0 spiro atoms. The molecule has 0 fully saturated rings. The number of nitrogens with one attached hydrogen (secondary N) is 1. The van der Waals surface area contributed by atoms with Crippen LogP contribution in [0.1, 0.15) is 17.3 Å². The molecule has 0 saturated carbocycles. The van der Waals surface area contributed by atoms with Crippen LogP contribution in [0.3, 0.4) is 0 Å². The zero-order chi connectivity index (χ0) is 12.1. The number of carbonyl (C=O) groups is 2. The number of benzene rings is 1. The lowest BCUT2D eigenvalue weighted by Gasteiger charge is -2.12. The average molecular weight is 222 g/mol. The van der Waals surface area contributed by atoms with Crippen molar-refractivity contribution < 1.29 is 14.3 Å². The molecule has 0 saturated heterocycles. The maximum absolute atomic E-state index is 11.1. The molecule has 86 valence electrons. The Hall–Kier alpha value is -2.04. The van der Waals surface area contributed by atoms with Crippen molar-refractivity contribution in [3.63, 3.8) is 0 Å². The minimum atomic E-state index is -0.479. The summed E-state index contributed by atoms with van der Waals surface area (Å²) in [4.78, 5) is 21.9. The number of amides is 1. The molecule has 5 nitrogen and oxygen atoms in total. The molecule has 3 N–H and O–H groups in total. The summed E-state index contributed by atoms with van der Waals surface area (Å²) in [6, 6.07) is 6.10. The third kappa shape index (κ3) is 2.98. The van der Waals surface area contributed by atoms with Gasteiger partial charge in [-0.2, -0.15) is 0 Å². The lowest BCUT2D eigenvalue weighted by atomic mass is 10.2. The Balaban J connectivity index is 2.68. The van der Waals surface area contributed by atoms with E-state index < -0.39 is 11.9 Å². The standard InChI is InChI=1S/C11H14N2O3/c1-7(11(15)16-2)13-9-5-3-8(4-6-9)10(12)14/h3-7,13H,1-2H3,(H2,12,14). The molecule has 1 rings (SSSR count). The summed E-state index contributed by atoms with van der Waals surface area (Å²) in [7, 11) is 1.33. The molecule has 0 heterocycles. The van der Waals surface area contributed by atoms with Gasteiger partial charge in [-0.1, -0.05) is 0 Å². The van der Waals surface area contributed by atoms with Crippen LogP contribution in [0.2, 0.25) is 0 Å². The van der Waals surface area contributed by atoms with Gasteiger partial charge in [0.1, 0.15) is 6.04 Å². The highest BCUT2D eigenvalue weighted by Gasteiger charge is 2.12. The lowest BCUT2D eigenvalue weighted by Crippen LogP contribution is -2.27. The molecule has 1 atom stereocenters. The molecule has 0 radical (unpaired) electrons. The first kappa shape index (κ1) is 12.0. The van der Waals surface area contributed by atoms with Crippen molar-refractivity contribution in [3.8, 4) is 0 Å². The Morgan fingerprint density at radius 2 is 1.88 bits per heavy atom. The fourth-order valence-corrected chi connectivity index (χ4v) is 1.22. The van der Waals surface area contributed by atoms with Crippen LogP contribution in [0.4, 0.5) is 5.69 Å². The van der Waals surface area contributed by atoms with Gasteiger partial charge in [0.25, 0.3) is 0 Å². The van der Waals surface area contributed by atoms with Crippen molar-refractivity contribution in [2.24, 2.45) is 5.73 Å². The van der Waals surface area contributed by atoms with Gasteiger partial charge in [-0.05, 0) is 31.2 Å². The van der Waals surface area contributed by atoms with Gasteiger partial charge in [-0.15, -0.1) is 0 Å². The number of hydrogen-bond acceptors (Lipinski definition) is 4. The van der Waals surface area contributed by atoms with Crippen LogP contribution in [0.25, 0.3) is 0 Å². The van der Waals surface area contributed by atoms with Gasteiger partial charge < -0.3 is 15.8 Å². The second-order valence-electron chi connectivity index (χ2n) is 3.33. The number of rotatable bonds is 4. The van der Waals surface area contributed by atoms with E-state index in [4.69, 9.17) is 5.73 Å². The van der Waals surface area contributed by atoms with Crippen LogP contribution in [-0.2, 0) is 9.53 Å². The maximum Gasteiger partial charge on any atom is 0.327 e. The highest BCUT2D eigenvalue weighted by atomic mass is 16.5. The first-order chi connectivity index (χ1) is 7.54. The molecular weight excluding hydrogens is 208 g/mol. The number of hydrogen-bond donors (Lipinski definition) is 2. The highest BCUT2D eigenvalue weighted by molar-refractivity contribution is 5.93. The lowest BCUT2D eigenvalue weighted by molar-refractivity contribution is -0.141. The molecule has 1 amide bonds. The van der Waals surface area contributed by atoms with E-state index in [1.807, 2.05) is 0 Å². The van der Waals surface area contributed by atoms with E-state index in [1.54, 1.807) is 31.2 Å². The third-order valence-electron chi connectivity index (χ3n) is 2.11. The smallest absolute Gasteiger partial charge is 0.327 e. The van der Waals surface area contributed by atoms with Crippen LogP contribution in [0.15, 0.2) is 24.3 Å². The Kier molecular flexibility index (Phi) is 3.88. The van der Waals surface area contributed by atoms with Crippen LogP contribution in [-0.4, -0.2) is 25.0 Å². The van der Waals surface area contributed by atoms with Gasteiger partial charge in [-0.3, -0.25) is 4.79 Å². The molecular formula is C11H14N2O3. The number of methoxy groups -OCH3 is 1. The van der Waals surface area contributed by atoms with Crippen molar-refractivity contribution in [2.45, 2.75) is 13.0 Å². The minimum Gasteiger partial charge on any atom is -0.467 e. The monoisotopic (exact) mass is 222 g/mol. The van der Waals surface area contributed by atoms with Crippen LogP contribution in [0.5, 0.6) is 0 Å². The fourth-order valence-electron chi connectivity index (χ4n) is 1.22. The van der Waals surface area contributed by atoms with Gasteiger partial charge in [-0.25, -0.2) is 4.79 Å². The van der Waals surface area contributed by atoms with Crippen molar-refractivity contribution in [2.75, 3.05) is 12.4 Å². The van der Waals surface area contributed by atoms with Crippen LogP contribution < -0.4 is 11.1 Å². The topological polar surface area (TPSA) is 81.4 Å². The van der Waals surface area contributed by atoms with E-state index in [0.717, 1.165) is 5.69 Å². The molecule has 1 aromatic rings. The van der Waals surface area contributed by atoms with E-state index in [9.17, 15) is 9.59 Å². The van der Waals surface area contributed by atoms with Gasteiger partial charge in [0.15, 0.2) is 0 Å². The number of esters is 1. The van der Waals surface area contributed by atoms with E-state index in [0.29, 0.717) is 5.56 Å². The number of carbonyl (C=O) groups excluding carboxylic acids is 2. The second-order valence-corrected chi connectivity index (χ2v) is 3.33. The second kappa shape index (κ2) is 5.16. The van der Waals surface area contributed by atoms with Crippen LogP contribution >= 0.6 is 0 Å². The van der Waals surface area contributed by atoms with Gasteiger partial charge in [0.2, 0.25) is 5.91 Å². The summed E-state index contributed by atoms with van der Waals surface area (Å²) >= 11 is 0. The number of nitrogens with two attached hydrogens (primary N) is 1. The zero-order valence-electron chi connectivity index (χ0n) is 9.19. The predicted octanol–water partition coefficient (Wildman–Crippen LogP) is 0.759. The zero-order valence-corrected chi connectivity index (χ0v) is 9.19. The summed E-state index contributed by atoms with van der Waals surface area (Å²) in [5.41, 5.74) is 6.25. The van der Waals surface area contributed by atoms with Gasteiger partial charge >= 0.3 is 5.97 Å². The SMILES string of the molecule is COC(=O)C(C)Nc1ccc(C(N)=O)cc1. The average Bonchev–Trinajstić information content (AvgIpc) is 2.28. The maximum atomic E-state index is 11.1. The van der Waals surface area contributed by atoms with Crippen molar-refractivity contribution in [1.82, 2.24) is 0 Å². The molecule has 0 bridgehead atoms. The largest absolute Gasteiger partial charge is 0.467 e. The molecule has 0 aliphatic rings. The van der Waals surface area contributed by atoms with Crippen molar-refractivity contribution >= 4 is 17.6 Å². The Bertz CT molecular complexity index is 387. The summed E-state index contributed by atoms with van der Waals surface area (Å²) in [5.74, 6) is -0.827. The van der Waals surface area contributed by atoms with E-state index in [-0.39, 0.29) is 5.97 Å². The first-order valence-electron chi connectivity index (χ1n) is 4.79. The molecule has 0 aliphatic heterocycles. The van der Waals surface area contributed by atoms with Gasteiger partial charge in [0.05, 0.1) is 7.11 Å². The molecule has 5 heteroatoms. The molecule has 16 heavy (non-hydrogen) atoms. The Morgan fingerprint density at radius 3 is 2.31 bits per heavy atom. The fraction of sp³-hybridized carbons (Fsp3) is 0.273. The van der Waals surface area contributed by atoms with Crippen molar-refractivity contribution in [3.05, 3.63) is 29.8 Å². The number of ether oxygens (including phenoxy) is 1. The summed E-state index contributed by atoms with van der Waals surface area (Å²) in [6.45, 7) is 1.69. The quantitative estimate of drug-likeness (QED) is 0.737.